The van der Waals surface area contributed by atoms with Crippen LogP contribution in [-0.4, -0.2) is 37.2 Å². The van der Waals surface area contributed by atoms with Crippen LogP contribution in [0, 0.1) is 0 Å². The summed E-state index contributed by atoms with van der Waals surface area (Å²) in [5.74, 6) is -1.07. The van der Waals surface area contributed by atoms with Crippen molar-refractivity contribution in [1.82, 2.24) is 0 Å². The van der Waals surface area contributed by atoms with Gasteiger partial charge in [-0.3, -0.25) is 14.4 Å². The maximum absolute atomic E-state index is 12.8. The largest absolute Gasteiger partial charge is 0.462 e. The summed E-state index contributed by atoms with van der Waals surface area (Å²) in [5, 5.41) is 0. The maximum atomic E-state index is 12.8. The van der Waals surface area contributed by atoms with Crippen LogP contribution < -0.4 is 0 Å². The number of hydrogen-bond donors (Lipinski definition) is 0. The van der Waals surface area contributed by atoms with E-state index in [4.69, 9.17) is 14.2 Å². The zero-order valence-corrected chi connectivity index (χ0v) is 44.8. The van der Waals surface area contributed by atoms with Gasteiger partial charge in [0.2, 0.25) is 0 Å². The van der Waals surface area contributed by atoms with Crippen LogP contribution in [0.4, 0.5) is 0 Å². The second-order valence-electron chi connectivity index (χ2n) is 18.5. The van der Waals surface area contributed by atoms with Gasteiger partial charge in [0.1, 0.15) is 13.2 Å². The monoisotopic (exact) mass is 957 g/mol. The van der Waals surface area contributed by atoms with Crippen LogP contribution in [0.3, 0.4) is 0 Å². The lowest BCUT2D eigenvalue weighted by molar-refractivity contribution is -0.166. The van der Waals surface area contributed by atoms with Gasteiger partial charge in [-0.15, -0.1) is 0 Å². The van der Waals surface area contributed by atoms with Gasteiger partial charge >= 0.3 is 17.9 Å². The van der Waals surface area contributed by atoms with Crippen LogP contribution >= 0.6 is 0 Å². The van der Waals surface area contributed by atoms with Crippen LogP contribution in [-0.2, 0) is 28.6 Å². The number of ether oxygens (including phenoxy) is 3. The molecule has 0 saturated heterocycles. The number of hydrogen-bond acceptors (Lipinski definition) is 6. The molecule has 0 saturated carbocycles. The molecule has 0 heterocycles. The molecule has 0 aromatic heterocycles. The second-order valence-corrected chi connectivity index (χ2v) is 18.5. The van der Waals surface area contributed by atoms with Gasteiger partial charge in [-0.2, -0.15) is 0 Å². The number of rotatable bonds is 50. The van der Waals surface area contributed by atoms with Crippen molar-refractivity contribution in [3.8, 4) is 0 Å². The molecule has 0 amide bonds. The van der Waals surface area contributed by atoms with Crippen molar-refractivity contribution in [2.45, 2.75) is 258 Å². The highest BCUT2D eigenvalue weighted by atomic mass is 16.6. The summed E-state index contributed by atoms with van der Waals surface area (Å²) in [6, 6.07) is 0. The van der Waals surface area contributed by atoms with E-state index in [1.807, 2.05) is 6.08 Å². The highest BCUT2D eigenvalue weighted by molar-refractivity contribution is 5.72. The summed E-state index contributed by atoms with van der Waals surface area (Å²) < 4.78 is 16.7. The molecular weight excluding hydrogens is 853 g/mol. The van der Waals surface area contributed by atoms with Gasteiger partial charge in [0.25, 0.3) is 0 Å². The fraction of sp³-hybridized carbons (Fsp3) is 0.667. The van der Waals surface area contributed by atoms with Gasteiger partial charge in [-0.05, 0) is 83.5 Å². The summed E-state index contributed by atoms with van der Waals surface area (Å²) in [6.45, 7) is 6.31. The minimum absolute atomic E-state index is 0.118. The smallest absolute Gasteiger partial charge is 0.309 e. The third-order valence-corrected chi connectivity index (χ3v) is 11.8. The predicted octanol–water partition coefficient (Wildman–Crippen LogP) is 19.1. The molecule has 6 heteroatoms. The Labute approximate surface area is 425 Å². The van der Waals surface area contributed by atoms with E-state index in [2.05, 4.69) is 118 Å². The van der Waals surface area contributed by atoms with Gasteiger partial charge in [0, 0.05) is 12.8 Å². The molecule has 0 rings (SSSR count). The molecule has 0 aliphatic rings. The number of carbonyl (C=O) groups excluding carboxylic acids is 3. The molecule has 0 fully saturated rings. The minimum Gasteiger partial charge on any atom is -0.462 e. The third-order valence-electron chi connectivity index (χ3n) is 11.8. The summed E-state index contributed by atoms with van der Waals surface area (Å²) >= 11 is 0. The molecule has 1 unspecified atom stereocenters. The lowest BCUT2D eigenvalue weighted by Gasteiger charge is -2.18. The number of esters is 3. The lowest BCUT2D eigenvalue weighted by Crippen LogP contribution is -2.30. The standard InChI is InChI=1S/C63H104O6/c1-4-7-10-13-16-19-22-25-28-30-31-33-35-38-41-44-47-50-53-56-62(65)68-59-60(58-67-61(64)55-52-49-46-43-40-37-34-27-24-21-18-15-12-9-6-3)69-63(66)57-54-51-48-45-42-39-36-32-29-26-23-20-17-14-11-8-5-2/h8-9,11-12,17-18,20-21,26-27,29,34,36,39-40,43,49,52,60H,4-7,10,13-16,19,22-25,28,30-33,35,37-38,41-42,44-48,50-51,53-59H2,1-3H3/b11-8-,12-9-,20-17-,21-18-,29-26-,34-27-,39-36-,43-40-,52-49-. The van der Waals surface area contributed by atoms with Crippen molar-refractivity contribution in [3.63, 3.8) is 0 Å². The van der Waals surface area contributed by atoms with Gasteiger partial charge in [0.15, 0.2) is 6.10 Å². The minimum atomic E-state index is -0.831. The number of carbonyl (C=O) groups is 3. The van der Waals surface area contributed by atoms with E-state index in [9.17, 15) is 14.4 Å². The molecule has 0 bridgehead atoms. The average Bonchev–Trinajstić information content (AvgIpc) is 3.35. The second kappa shape index (κ2) is 56.7. The number of allylic oxidation sites excluding steroid dienone is 17. The SMILES string of the molecule is CC/C=C\C/C=C\C/C=C\C/C=C\C/C=C\CC(=O)OCC(COC(=O)CCCCCCCCCCCCCCCCCCCCC)OC(=O)CCCCCC/C=C\C/C=C\C/C=C\C/C=C\CC. The predicted molar refractivity (Wildman–Crippen MR) is 297 cm³/mol. The molecule has 392 valence electrons. The topological polar surface area (TPSA) is 78.9 Å². The van der Waals surface area contributed by atoms with Crippen molar-refractivity contribution in [3.05, 3.63) is 109 Å². The Morgan fingerprint density at radius 3 is 1.01 bits per heavy atom. The van der Waals surface area contributed by atoms with Crippen LogP contribution in [0.2, 0.25) is 0 Å². The average molecular weight is 958 g/mol. The van der Waals surface area contributed by atoms with E-state index < -0.39 is 12.1 Å². The van der Waals surface area contributed by atoms with E-state index in [1.54, 1.807) is 6.08 Å². The first-order chi connectivity index (χ1) is 34.0. The molecule has 0 aliphatic heterocycles. The van der Waals surface area contributed by atoms with Crippen molar-refractivity contribution < 1.29 is 28.6 Å². The fourth-order valence-electron chi connectivity index (χ4n) is 7.62. The highest BCUT2D eigenvalue weighted by Gasteiger charge is 2.19. The van der Waals surface area contributed by atoms with Crippen LogP contribution in [0.5, 0.6) is 0 Å². The summed E-state index contributed by atoms with van der Waals surface area (Å²) in [7, 11) is 0. The van der Waals surface area contributed by atoms with E-state index in [0.29, 0.717) is 6.42 Å². The van der Waals surface area contributed by atoms with Crippen LogP contribution in [0.15, 0.2) is 109 Å². The Morgan fingerprint density at radius 1 is 0.319 bits per heavy atom. The Hall–Kier alpha value is -3.93. The summed E-state index contributed by atoms with van der Waals surface area (Å²) in [6.07, 6.45) is 76.8. The first kappa shape index (κ1) is 65.1. The molecule has 0 aliphatic carbocycles. The normalized spacial score (nSPS) is 12.9. The van der Waals surface area contributed by atoms with Gasteiger partial charge < -0.3 is 14.2 Å². The van der Waals surface area contributed by atoms with E-state index in [0.717, 1.165) is 109 Å². The fourth-order valence-corrected chi connectivity index (χ4v) is 7.62. The van der Waals surface area contributed by atoms with Crippen molar-refractivity contribution in [2.24, 2.45) is 0 Å². The van der Waals surface area contributed by atoms with Gasteiger partial charge in [0.05, 0.1) is 6.42 Å². The van der Waals surface area contributed by atoms with Crippen LogP contribution in [0.25, 0.3) is 0 Å². The quantitative estimate of drug-likeness (QED) is 0.0262. The molecule has 0 aromatic rings. The Bertz CT molecular complexity index is 1420. The van der Waals surface area contributed by atoms with Crippen LogP contribution in [0.1, 0.15) is 252 Å². The molecule has 0 aromatic carbocycles. The first-order valence-electron chi connectivity index (χ1n) is 28.4. The molecule has 0 spiro atoms. The Balaban J connectivity index is 4.50. The zero-order valence-electron chi connectivity index (χ0n) is 44.8. The highest BCUT2D eigenvalue weighted by Crippen LogP contribution is 2.16. The van der Waals surface area contributed by atoms with E-state index >= 15 is 0 Å². The molecule has 0 radical (unpaired) electrons. The summed E-state index contributed by atoms with van der Waals surface area (Å²) in [5.41, 5.74) is 0. The van der Waals surface area contributed by atoms with E-state index in [1.165, 1.54) is 103 Å². The molecule has 0 N–H and O–H groups in total. The third kappa shape index (κ3) is 54.9. The zero-order chi connectivity index (χ0) is 50.0. The molecule has 69 heavy (non-hydrogen) atoms. The maximum Gasteiger partial charge on any atom is 0.309 e. The number of unbranched alkanes of at least 4 members (excludes halogenated alkanes) is 22. The van der Waals surface area contributed by atoms with Crippen molar-refractivity contribution in [2.75, 3.05) is 13.2 Å². The molecule has 1 atom stereocenters. The van der Waals surface area contributed by atoms with Crippen molar-refractivity contribution in [1.29, 1.82) is 0 Å². The first-order valence-corrected chi connectivity index (χ1v) is 28.4. The Kier molecular flexibility index (Phi) is 53.4. The lowest BCUT2D eigenvalue weighted by atomic mass is 10.0. The summed E-state index contributed by atoms with van der Waals surface area (Å²) in [4.78, 5) is 38.1. The molecule has 6 nitrogen and oxygen atoms in total. The molecular formula is C63H104O6. The van der Waals surface area contributed by atoms with E-state index in [-0.39, 0.29) is 38.0 Å². The Morgan fingerprint density at radius 2 is 0.623 bits per heavy atom. The van der Waals surface area contributed by atoms with Gasteiger partial charge in [-0.25, -0.2) is 0 Å². The van der Waals surface area contributed by atoms with Crippen molar-refractivity contribution >= 4 is 17.9 Å². The van der Waals surface area contributed by atoms with Gasteiger partial charge in [-0.1, -0.05) is 259 Å².